The van der Waals surface area contributed by atoms with Crippen LogP contribution in [0.4, 0.5) is 10.5 Å². The Labute approximate surface area is 160 Å². The van der Waals surface area contributed by atoms with Gasteiger partial charge in [0.2, 0.25) is 0 Å². The highest BCUT2D eigenvalue weighted by molar-refractivity contribution is 5.89. The van der Waals surface area contributed by atoms with Crippen molar-refractivity contribution in [1.82, 2.24) is 4.90 Å². The second kappa shape index (κ2) is 9.11. The molecule has 1 heterocycles. The van der Waals surface area contributed by atoms with E-state index in [0.717, 1.165) is 17.9 Å². The number of benzene rings is 1. The van der Waals surface area contributed by atoms with Gasteiger partial charge in [-0.2, -0.15) is 0 Å². The van der Waals surface area contributed by atoms with E-state index in [2.05, 4.69) is 5.32 Å². The van der Waals surface area contributed by atoms with Crippen molar-refractivity contribution in [2.75, 3.05) is 25.0 Å². The smallest absolute Gasteiger partial charge is 0.321 e. The highest BCUT2D eigenvalue weighted by atomic mass is 16.5. The Hall–Kier alpha value is -2.24. The number of hydrogen-bond acceptors (Lipinski definition) is 3. The van der Waals surface area contributed by atoms with Gasteiger partial charge < -0.3 is 20.1 Å². The number of likely N-dealkylation sites (tertiary alicyclic amines) is 1. The number of aryl methyl sites for hydroxylation is 1. The van der Waals surface area contributed by atoms with Crippen LogP contribution in [0.2, 0.25) is 0 Å². The van der Waals surface area contributed by atoms with E-state index in [1.807, 2.05) is 25.1 Å². The molecule has 1 aromatic carbocycles. The van der Waals surface area contributed by atoms with Crippen LogP contribution >= 0.6 is 0 Å². The molecular formula is C21H30N2O4. The second-order valence-electron chi connectivity index (χ2n) is 7.83. The third-order valence-electron chi connectivity index (χ3n) is 5.77. The molecule has 0 atom stereocenters. The number of piperidine rings is 1. The summed E-state index contributed by atoms with van der Waals surface area (Å²) < 4.78 is 6.05. The van der Waals surface area contributed by atoms with E-state index < -0.39 is 5.97 Å². The SMILES string of the molecule is Cc1ccc(NC(=O)N2CCC(C(=O)O)CC2)cc1OCC1CCCCC1. The predicted octanol–water partition coefficient (Wildman–Crippen LogP) is 4.28. The molecule has 1 aliphatic carbocycles. The van der Waals surface area contributed by atoms with Crippen molar-refractivity contribution in [3.8, 4) is 5.75 Å². The van der Waals surface area contributed by atoms with E-state index in [-0.39, 0.29) is 11.9 Å². The maximum absolute atomic E-state index is 12.5. The number of nitrogens with zero attached hydrogens (tertiary/aromatic N) is 1. The highest BCUT2D eigenvalue weighted by Crippen LogP contribution is 2.28. The lowest BCUT2D eigenvalue weighted by Crippen LogP contribution is -2.42. The van der Waals surface area contributed by atoms with Gasteiger partial charge in [-0.05, 0) is 50.2 Å². The number of carbonyl (C=O) groups is 2. The van der Waals surface area contributed by atoms with Gasteiger partial charge in [-0.3, -0.25) is 4.79 Å². The van der Waals surface area contributed by atoms with Gasteiger partial charge in [-0.25, -0.2) is 4.79 Å². The van der Waals surface area contributed by atoms with Gasteiger partial charge in [-0.1, -0.05) is 25.3 Å². The van der Waals surface area contributed by atoms with Crippen molar-refractivity contribution in [2.45, 2.75) is 51.9 Å². The summed E-state index contributed by atoms with van der Waals surface area (Å²) in [6.45, 7) is 3.69. The Morgan fingerprint density at radius 3 is 2.52 bits per heavy atom. The van der Waals surface area contributed by atoms with Crippen molar-refractivity contribution in [1.29, 1.82) is 0 Å². The third kappa shape index (κ3) is 5.37. The molecule has 27 heavy (non-hydrogen) atoms. The van der Waals surface area contributed by atoms with Gasteiger partial charge >= 0.3 is 12.0 Å². The first-order valence-electron chi connectivity index (χ1n) is 10.0. The zero-order valence-electron chi connectivity index (χ0n) is 16.1. The molecule has 2 amide bonds. The molecule has 0 bridgehead atoms. The molecule has 1 saturated carbocycles. The summed E-state index contributed by atoms with van der Waals surface area (Å²) in [6.07, 6.45) is 7.41. The van der Waals surface area contributed by atoms with Crippen LogP contribution in [-0.4, -0.2) is 41.7 Å². The highest BCUT2D eigenvalue weighted by Gasteiger charge is 2.27. The molecule has 2 fully saturated rings. The summed E-state index contributed by atoms with van der Waals surface area (Å²) in [4.78, 5) is 25.2. The van der Waals surface area contributed by atoms with Crippen LogP contribution in [-0.2, 0) is 4.79 Å². The summed E-state index contributed by atoms with van der Waals surface area (Å²) in [6, 6.07) is 5.55. The molecule has 0 unspecified atom stereocenters. The number of ether oxygens (including phenoxy) is 1. The maximum atomic E-state index is 12.5. The minimum atomic E-state index is -0.770. The van der Waals surface area contributed by atoms with E-state index in [0.29, 0.717) is 37.5 Å². The van der Waals surface area contributed by atoms with E-state index in [1.165, 1.54) is 32.1 Å². The van der Waals surface area contributed by atoms with E-state index >= 15 is 0 Å². The number of amides is 2. The fourth-order valence-electron chi connectivity index (χ4n) is 3.93. The van der Waals surface area contributed by atoms with Crippen LogP contribution < -0.4 is 10.1 Å². The number of hydrogen-bond donors (Lipinski definition) is 2. The van der Waals surface area contributed by atoms with E-state index in [9.17, 15) is 9.59 Å². The molecular weight excluding hydrogens is 344 g/mol. The molecule has 0 radical (unpaired) electrons. The topological polar surface area (TPSA) is 78.9 Å². The van der Waals surface area contributed by atoms with Gasteiger partial charge in [0, 0.05) is 24.8 Å². The molecule has 1 saturated heterocycles. The van der Waals surface area contributed by atoms with Crippen molar-refractivity contribution in [3.05, 3.63) is 23.8 Å². The zero-order chi connectivity index (χ0) is 19.2. The quantitative estimate of drug-likeness (QED) is 0.806. The molecule has 3 rings (SSSR count). The molecule has 6 heteroatoms. The molecule has 1 aliphatic heterocycles. The normalized spacial score (nSPS) is 18.9. The Morgan fingerprint density at radius 2 is 1.85 bits per heavy atom. The van der Waals surface area contributed by atoms with Crippen molar-refractivity contribution >= 4 is 17.7 Å². The Morgan fingerprint density at radius 1 is 1.15 bits per heavy atom. The standard InChI is InChI=1S/C21H30N2O4/c1-15-7-8-18(13-19(15)27-14-16-5-3-2-4-6-16)22-21(26)23-11-9-17(10-12-23)20(24)25/h7-8,13,16-17H,2-6,9-12,14H2,1H3,(H,22,26)(H,24,25). The van der Waals surface area contributed by atoms with Crippen molar-refractivity contribution in [3.63, 3.8) is 0 Å². The first-order chi connectivity index (χ1) is 13.0. The lowest BCUT2D eigenvalue weighted by molar-refractivity contribution is -0.143. The van der Waals surface area contributed by atoms with Gasteiger partial charge in [0.15, 0.2) is 0 Å². The van der Waals surface area contributed by atoms with E-state index in [1.54, 1.807) is 4.90 Å². The summed E-state index contributed by atoms with van der Waals surface area (Å²) in [5, 5.41) is 12.0. The maximum Gasteiger partial charge on any atom is 0.321 e. The molecule has 148 valence electrons. The average Bonchev–Trinajstić information content (AvgIpc) is 2.69. The van der Waals surface area contributed by atoms with Crippen LogP contribution in [0.5, 0.6) is 5.75 Å². The minimum absolute atomic E-state index is 0.180. The lowest BCUT2D eigenvalue weighted by Gasteiger charge is -2.30. The summed E-state index contributed by atoms with van der Waals surface area (Å²) in [7, 11) is 0. The lowest BCUT2D eigenvalue weighted by atomic mass is 9.90. The molecule has 2 aliphatic rings. The molecule has 6 nitrogen and oxygen atoms in total. The second-order valence-corrected chi connectivity index (χ2v) is 7.83. The number of carboxylic acid groups (broad SMARTS) is 1. The van der Waals surface area contributed by atoms with Crippen molar-refractivity contribution in [2.24, 2.45) is 11.8 Å². The Kier molecular flexibility index (Phi) is 6.58. The number of anilines is 1. The van der Waals surface area contributed by atoms with Gasteiger partial charge in [-0.15, -0.1) is 0 Å². The monoisotopic (exact) mass is 374 g/mol. The fourth-order valence-corrected chi connectivity index (χ4v) is 3.93. The van der Waals surface area contributed by atoms with Gasteiger partial charge in [0.1, 0.15) is 5.75 Å². The van der Waals surface area contributed by atoms with Crippen LogP contribution in [0.3, 0.4) is 0 Å². The van der Waals surface area contributed by atoms with E-state index in [4.69, 9.17) is 9.84 Å². The number of carboxylic acids is 1. The molecule has 0 aromatic heterocycles. The van der Waals surface area contributed by atoms with Crippen LogP contribution in [0.1, 0.15) is 50.5 Å². The predicted molar refractivity (Wildman–Crippen MR) is 104 cm³/mol. The number of rotatable bonds is 5. The van der Waals surface area contributed by atoms with Gasteiger partial charge in [0.25, 0.3) is 0 Å². The fraction of sp³-hybridized carbons (Fsp3) is 0.619. The molecule has 2 N–H and O–H groups in total. The summed E-state index contributed by atoms with van der Waals surface area (Å²) >= 11 is 0. The number of nitrogens with one attached hydrogen (secondary N) is 1. The number of carbonyl (C=O) groups excluding carboxylic acids is 1. The summed E-state index contributed by atoms with van der Waals surface area (Å²) in [5.41, 5.74) is 1.77. The Bertz CT molecular complexity index is 662. The van der Waals surface area contributed by atoms with Gasteiger partial charge in [0.05, 0.1) is 12.5 Å². The first-order valence-corrected chi connectivity index (χ1v) is 10.0. The minimum Gasteiger partial charge on any atom is -0.493 e. The van der Waals surface area contributed by atoms with Crippen LogP contribution in [0, 0.1) is 18.8 Å². The Balaban J connectivity index is 1.54. The summed E-state index contributed by atoms with van der Waals surface area (Å²) in [5.74, 6) is 0.344. The van der Waals surface area contributed by atoms with Crippen LogP contribution in [0.25, 0.3) is 0 Å². The van der Waals surface area contributed by atoms with Crippen molar-refractivity contribution < 1.29 is 19.4 Å². The van der Waals surface area contributed by atoms with Crippen LogP contribution in [0.15, 0.2) is 18.2 Å². The zero-order valence-corrected chi connectivity index (χ0v) is 16.1. The number of aliphatic carboxylic acids is 1. The first kappa shape index (κ1) is 19.5. The third-order valence-corrected chi connectivity index (χ3v) is 5.77. The average molecular weight is 374 g/mol. The largest absolute Gasteiger partial charge is 0.493 e. The number of urea groups is 1. The molecule has 1 aromatic rings. The molecule has 0 spiro atoms.